The van der Waals surface area contributed by atoms with Crippen LogP contribution in [0, 0.1) is 11.2 Å². The van der Waals surface area contributed by atoms with Crippen LogP contribution in [-0.4, -0.2) is 40.0 Å². The highest BCUT2D eigenvalue weighted by atomic mass is 35.5. The van der Waals surface area contributed by atoms with Crippen molar-refractivity contribution in [3.05, 3.63) is 87.4 Å². The first kappa shape index (κ1) is 28.0. The van der Waals surface area contributed by atoms with Gasteiger partial charge in [0.25, 0.3) is 0 Å². The third kappa shape index (κ3) is 4.72. The second-order valence-corrected chi connectivity index (χ2v) is 12.2. The third-order valence-corrected chi connectivity index (χ3v) is 8.00. The van der Waals surface area contributed by atoms with E-state index in [0.717, 1.165) is 0 Å². The van der Waals surface area contributed by atoms with Crippen LogP contribution in [0.3, 0.4) is 0 Å². The number of fused-ring (bicyclic) bond motifs is 2. The second-order valence-electron chi connectivity index (χ2n) is 11.3. The Bertz CT molecular complexity index is 1530. The summed E-state index contributed by atoms with van der Waals surface area (Å²) in [7, 11) is 0. The van der Waals surface area contributed by atoms with Gasteiger partial charge in [0, 0.05) is 22.7 Å². The van der Waals surface area contributed by atoms with Gasteiger partial charge in [-0.25, -0.2) is 14.2 Å². The molecule has 1 spiro atoms. The number of aromatic nitrogens is 1. The molecule has 2 aliphatic heterocycles. The number of carbonyl (C=O) groups excluding carboxylic acids is 2. The molecule has 1 fully saturated rings. The third-order valence-electron chi connectivity index (χ3n) is 7.47. The van der Waals surface area contributed by atoms with Crippen molar-refractivity contribution in [3.8, 4) is 0 Å². The predicted molar refractivity (Wildman–Crippen MR) is 151 cm³/mol. The summed E-state index contributed by atoms with van der Waals surface area (Å²) in [6.07, 6.45) is 1.70. The molecule has 1 saturated heterocycles. The van der Waals surface area contributed by atoms with Crippen molar-refractivity contribution in [1.29, 1.82) is 0 Å². The molecule has 2 amide bonds. The molecule has 3 heterocycles. The Labute approximate surface area is 240 Å². The molecule has 4 N–H and O–H groups in total. The predicted octanol–water partition coefficient (Wildman–Crippen LogP) is 5.61. The van der Waals surface area contributed by atoms with Crippen LogP contribution in [0.4, 0.5) is 15.8 Å². The van der Waals surface area contributed by atoms with Crippen LogP contribution in [-0.2, 0) is 15.0 Å². The highest BCUT2D eigenvalue weighted by molar-refractivity contribution is 6.31. The Morgan fingerprint density at radius 3 is 2.55 bits per heavy atom. The summed E-state index contributed by atoms with van der Waals surface area (Å²) in [4.78, 5) is 43.1. The highest BCUT2D eigenvalue weighted by Gasteiger charge is 2.66. The lowest BCUT2D eigenvalue weighted by Gasteiger charge is -2.37. The van der Waals surface area contributed by atoms with Gasteiger partial charge in [-0.2, -0.15) is 0 Å². The van der Waals surface area contributed by atoms with E-state index in [0.29, 0.717) is 22.7 Å². The number of carboxylic acid groups (broad SMARTS) is 1. The number of rotatable bonds is 5. The van der Waals surface area contributed by atoms with Gasteiger partial charge in [0.1, 0.15) is 16.9 Å². The fraction of sp³-hybridized carbons (Fsp3) is 0.310. The molecule has 0 radical (unpaired) electrons. The molecule has 5 rings (SSSR count). The van der Waals surface area contributed by atoms with Gasteiger partial charge in [0.05, 0.1) is 22.9 Å². The number of halogens is 3. The summed E-state index contributed by atoms with van der Waals surface area (Å²) in [5, 5.41) is 18.5. The van der Waals surface area contributed by atoms with Crippen molar-refractivity contribution < 1.29 is 23.9 Å². The quantitative estimate of drug-likeness (QED) is 0.309. The Balaban J connectivity index is 1.69. The van der Waals surface area contributed by atoms with Crippen LogP contribution in [0.25, 0.3) is 0 Å². The minimum atomic E-state index is -1.38. The molecule has 2 aromatic carbocycles. The van der Waals surface area contributed by atoms with E-state index in [4.69, 9.17) is 28.3 Å². The van der Waals surface area contributed by atoms with E-state index >= 15 is 4.39 Å². The maximum absolute atomic E-state index is 15.8. The molecule has 40 heavy (non-hydrogen) atoms. The van der Waals surface area contributed by atoms with E-state index in [-0.39, 0.29) is 33.3 Å². The first-order valence-corrected chi connectivity index (χ1v) is 13.4. The topological polar surface area (TPSA) is 120 Å². The van der Waals surface area contributed by atoms with E-state index in [1.165, 1.54) is 24.4 Å². The van der Waals surface area contributed by atoms with E-state index in [9.17, 15) is 14.4 Å². The zero-order valence-corrected chi connectivity index (χ0v) is 23.4. The van der Waals surface area contributed by atoms with Crippen molar-refractivity contribution >= 4 is 52.4 Å². The molecule has 3 aromatic rings. The molecule has 8 nitrogen and oxygen atoms in total. The van der Waals surface area contributed by atoms with Crippen LogP contribution in [0.15, 0.2) is 54.7 Å². The van der Waals surface area contributed by atoms with Gasteiger partial charge < -0.3 is 21.1 Å². The molecule has 11 heteroatoms. The number of hydrogen-bond acceptors (Lipinski definition) is 5. The van der Waals surface area contributed by atoms with Crippen LogP contribution in [0.1, 0.15) is 54.7 Å². The normalized spacial score (nSPS) is 23.6. The van der Waals surface area contributed by atoms with Gasteiger partial charge in [0.15, 0.2) is 0 Å². The van der Waals surface area contributed by atoms with E-state index in [2.05, 4.69) is 20.9 Å². The smallest absolute Gasteiger partial charge is 0.354 e. The standard InChI is InChI=1S/C29H27Cl2FN4O4/c1-28(2,3)12-21-29(17-9-7-14(30)11-20(17)35-27(29)40)22(16-5-4-6-18(31)23(16)32)24(36-21)25(37)34-15-8-10-19(26(38)39)33-13-15/h4-11,13,21-22,24,36H,12H2,1-3H3,(H,34,37)(H,35,40)(H,38,39)/t21-,22-,24+,29+/m0/s1. The molecule has 0 aliphatic carbocycles. The van der Waals surface area contributed by atoms with Gasteiger partial charge in [0.2, 0.25) is 11.8 Å². The van der Waals surface area contributed by atoms with Crippen molar-refractivity contribution in [3.63, 3.8) is 0 Å². The fourth-order valence-corrected chi connectivity index (χ4v) is 6.32. The molecule has 208 valence electrons. The van der Waals surface area contributed by atoms with Crippen LogP contribution in [0.2, 0.25) is 10.0 Å². The molecular formula is C29H27Cl2FN4O4. The number of carbonyl (C=O) groups is 3. The summed E-state index contributed by atoms with van der Waals surface area (Å²) in [6.45, 7) is 6.07. The maximum Gasteiger partial charge on any atom is 0.354 e. The number of carboxylic acids is 1. The zero-order valence-electron chi connectivity index (χ0n) is 21.9. The second kappa shape index (κ2) is 10.1. The van der Waals surface area contributed by atoms with Crippen molar-refractivity contribution in [2.45, 2.75) is 50.6 Å². The minimum Gasteiger partial charge on any atom is -0.477 e. The average Bonchev–Trinajstić information content (AvgIpc) is 3.35. The Kier molecular flexibility index (Phi) is 7.10. The Morgan fingerprint density at radius 1 is 1.15 bits per heavy atom. The van der Waals surface area contributed by atoms with Crippen LogP contribution >= 0.6 is 23.2 Å². The van der Waals surface area contributed by atoms with Gasteiger partial charge >= 0.3 is 5.97 Å². The van der Waals surface area contributed by atoms with Gasteiger partial charge in [-0.15, -0.1) is 0 Å². The summed E-state index contributed by atoms with van der Waals surface area (Å²) >= 11 is 12.5. The van der Waals surface area contributed by atoms with Gasteiger partial charge in [-0.1, -0.05) is 62.2 Å². The van der Waals surface area contributed by atoms with E-state index in [1.54, 1.807) is 30.3 Å². The van der Waals surface area contributed by atoms with E-state index < -0.39 is 41.1 Å². The molecule has 0 unspecified atom stereocenters. The van der Waals surface area contributed by atoms with E-state index in [1.807, 2.05) is 20.8 Å². The SMILES string of the molecule is CC(C)(C)C[C@@H]1N[C@@H](C(=O)Nc2ccc(C(=O)O)nc2)[C@H](c2cccc(Cl)c2F)[C@]12C(=O)Nc1cc(Cl)ccc12. The molecule has 4 atom stereocenters. The summed E-state index contributed by atoms with van der Waals surface area (Å²) in [5.41, 5.74) is -0.368. The van der Waals surface area contributed by atoms with Crippen LogP contribution < -0.4 is 16.0 Å². The van der Waals surface area contributed by atoms with Crippen molar-refractivity contribution in [2.75, 3.05) is 10.6 Å². The van der Waals surface area contributed by atoms with Crippen molar-refractivity contribution in [2.24, 2.45) is 5.41 Å². The first-order valence-electron chi connectivity index (χ1n) is 12.6. The Hall–Kier alpha value is -3.53. The number of anilines is 2. The lowest BCUT2D eigenvalue weighted by atomic mass is 9.62. The molecule has 2 aliphatic rings. The monoisotopic (exact) mass is 584 g/mol. The average molecular weight is 585 g/mol. The number of pyridine rings is 1. The number of benzene rings is 2. The summed E-state index contributed by atoms with van der Waals surface area (Å²) in [5.74, 6) is -3.84. The number of hydrogen-bond donors (Lipinski definition) is 4. The lowest BCUT2D eigenvalue weighted by molar-refractivity contribution is -0.122. The summed E-state index contributed by atoms with van der Waals surface area (Å²) in [6, 6.07) is 10.6. The fourth-order valence-electron chi connectivity index (χ4n) is 5.97. The van der Waals surface area contributed by atoms with Gasteiger partial charge in [-0.3, -0.25) is 9.59 Å². The molecule has 1 aromatic heterocycles. The highest BCUT2D eigenvalue weighted by Crippen LogP contribution is 2.57. The summed E-state index contributed by atoms with van der Waals surface area (Å²) < 4.78 is 15.8. The first-order chi connectivity index (χ1) is 18.8. The molecular weight excluding hydrogens is 558 g/mol. The van der Waals surface area contributed by atoms with Gasteiger partial charge in [-0.05, 0) is 53.3 Å². The van der Waals surface area contributed by atoms with Crippen molar-refractivity contribution in [1.82, 2.24) is 10.3 Å². The number of nitrogens with one attached hydrogen (secondary N) is 3. The number of nitrogens with zero attached hydrogens (tertiary/aromatic N) is 1. The number of amides is 2. The maximum atomic E-state index is 15.8. The molecule has 0 bridgehead atoms. The minimum absolute atomic E-state index is 0.119. The lowest BCUT2D eigenvalue weighted by Crippen LogP contribution is -2.49. The zero-order chi connectivity index (χ0) is 29.0. The molecule has 0 saturated carbocycles. The Morgan fingerprint density at radius 2 is 1.90 bits per heavy atom. The van der Waals surface area contributed by atoms with Crippen LogP contribution in [0.5, 0.6) is 0 Å². The largest absolute Gasteiger partial charge is 0.477 e. The number of aromatic carboxylic acids is 1.